The van der Waals surface area contributed by atoms with Gasteiger partial charge >= 0.3 is 0 Å². The van der Waals surface area contributed by atoms with Gasteiger partial charge in [-0.3, -0.25) is 4.98 Å². The van der Waals surface area contributed by atoms with E-state index < -0.39 is 0 Å². The normalized spacial score (nSPS) is 10.9. The number of pyridine rings is 1. The Bertz CT molecular complexity index is 564. The van der Waals surface area contributed by atoms with Gasteiger partial charge in [0.2, 0.25) is 0 Å². The van der Waals surface area contributed by atoms with Gasteiger partial charge in [-0.15, -0.1) is 0 Å². The van der Waals surface area contributed by atoms with E-state index in [-0.39, 0.29) is 0 Å². The maximum absolute atomic E-state index is 4.19. The summed E-state index contributed by atoms with van der Waals surface area (Å²) in [7, 11) is 2.14. The molecule has 0 aliphatic carbocycles. The fraction of sp³-hybridized carbons (Fsp3) is 0.389. The highest BCUT2D eigenvalue weighted by molar-refractivity contribution is 5.54. The van der Waals surface area contributed by atoms with E-state index in [0.717, 1.165) is 13.1 Å². The number of benzene rings is 1. The van der Waals surface area contributed by atoms with Crippen LogP contribution >= 0.6 is 0 Å². The van der Waals surface area contributed by atoms with Crippen LogP contribution in [0.25, 0.3) is 0 Å². The summed E-state index contributed by atoms with van der Waals surface area (Å²) >= 11 is 0. The highest BCUT2D eigenvalue weighted by Gasteiger charge is 2.09. The average Bonchev–Trinajstić information content (AvgIpc) is 2.46. The summed E-state index contributed by atoms with van der Waals surface area (Å²) in [6.45, 7) is 8.26. The van der Waals surface area contributed by atoms with Crippen LogP contribution in [0.2, 0.25) is 0 Å². The van der Waals surface area contributed by atoms with E-state index >= 15 is 0 Å². The Hall–Kier alpha value is -1.87. The Kier molecular flexibility index (Phi) is 5.34. The molecule has 2 aromatic rings. The zero-order valence-electron chi connectivity index (χ0n) is 13.4. The van der Waals surface area contributed by atoms with Gasteiger partial charge in [0.25, 0.3) is 0 Å². The standard InChI is InChI=1S/C18H25N3/c1-14(2)20-12-17-10-15(3)7-8-18(17)21(4)13-16-6-5-9-19-11-16/h5-11,14,20H,12-13H2,1-4H3. The molecule has 0 fully saturated rings. The third-order valence-electron chi connectivity index (χ3n) is 3.49. The molecule has 0 aliphatic heterocycles. The second-order valence-corrected chi connectivity index (χ2v) is 5.89. The summed E-state index contributed by atoms with van der Waals surface area (Å²) in [6.07, 6.45) is 3.74. The Balaban J connectivity index is 2.17. The van der Waals surface area contributed by atoms with Gasteiger partial charge in [-0.2, -0.15) is 0 Å². The first-order valence-electron chi connectivity index (χ1n) is 7.49. The summed E-state index contributed by atoms with van der Waals surface area (Å²) < 4.78 is 0. The van der Waals surface area contributed by atoms with E-state index in [2.05, 4.69) is 67.3 Å². The molecule has 21 heavy (non-hydrogen) atoms. The minimum absolute atomic E-state index is 0.488. The van der Waals surface area contributed by atoms with Crippen LogP contribution in [0, 0.1) is 6.92 Å². The second-order valence-electron chi connectivity index (χ2n) is 5.89. The molecule has 0 saturated heterocycles. The second kappa shape index (κ2) is 7.23. The van der Waals surface area contributed by atoms with Crippen LogP contribution in [0.3, 0.4) is 0 Å². The van der Waals surface area contributed by atoms with Crippen molar-refractivity contribution in [3.8, 4) is 0 Å². The van der Waals surface area contributed by atoms with E-state index in [9.17, 15) is 0 Å². The van der Waals surface area contributed by atoms with Crippen LogP contribution in [-0.4, -0.2) is 18.1 Å². The van der Waals surface area contributed by atoms with E-state index in [1.807, 2.05) is 18.5 Å². The van der Waals surface area contributed by atoms with Crippen molar-refractivity contribution in [3.63, 3.8) is 0 Å². The lowest BCUT2D eigenvalue weighted by atomic mass is 10.1. The zero-order valence-corrected chi connectivity index (χ0v) is 13.4. The lowest BCUT2D eigenvalue weighted by Gasteiger charge is -2.23. The molecule has 1 N–H and O–H groups in total. The highest BCUT2D eigenvalue weighted by Crippen LogP contribution is 2.22. The molecule has 0 unspecified atom stereocenters. The zero-order chi connectivity index (χ0) is 15.2. The van der Waals surface area contributed by atoms with Gasteiger partial charge in [0.1, 0.15) is 0 Å². The van der Waals surface area contributed by atoms with E-state index in [0.29, 0.717) is 6.04 Å². The molecule has 0 radical (unpaired) electrons. The van der Waals surface area contributed by atoms with Crippen LogP contribution in [0.4, 0.5) is 5.69 Å². The maximum atomic E-state index is 4.19. The molecule has 0 amide bonds. The number of aryl methyl sites for hydroxylation is 1. The molecule has 0 aliphatic rings. The molecule has 3 nitrogen and oxygen atoms in total. The smallest absolute Gasteiger partial charge is 0.0441 e. The van der Waals surface area contributed by atoms with Gasteiger partial charge in [0, 0.05) is 44.3 Å². The quantitative estimate of drug-likeness (QED) is 0.879. The van der Waals surface area contributed by atoms with Gasteiger partial charge in [-0.1, -0.05) is 37.6 Å². The molecule has 0 saturated carbocycles. The van der Waals surface area contributed by atoms with Crippen LogP contribution in [0.5, 0.6) is 0 Å². The number of nitrogens with one attached hydrogen (secondary N) is 1. The van der Waals surface area contributed by atoms with Gasteiger partial charge in [0.05, 0.1) is 0 Å². The van der Waals surface area contributed by atoms with Gasteiger partial charge < -0.3 is 10.2 Å². The molecule has 1 aromatic heterocycles. The predicted molar refractivity (Wildman–Crippen MR) is 89.5 cm³/mol. The lowest BCUT2D eigenvalue weighted by Crippen LogP contribution is -2.24. The molecule has 0 spiro atoms. The Labute approximate surface area is 128 Å². The first-order valence-corrected chi connectivity index (χ1v) is 7.49. The van der Waals surface area contributed by atoms with Crippen molar-refractivity contribution in [2.75, 3.05) is 11.9 Å². The SMILES string of the molecule is Cc1ccc(N(C)Cc2cccnc2)c(CNC(C)C)c1. The third-order valence-corrected chi connectivity index (χ3v) is 3.49. The van der Waals surface area contributed by atoms with Crippen molar-refractivity contribution >= 4 is 5.69 Å². The van der Waals surface area contributed by atoms with Crippen molar-refractivity contribution in [2.24, 2.45) is 0 Å². The molecule has 3 heteroatoms. The molecule has 1 aromatic carbocycles. The average molecular weight is 283 g/mol. The first kappa shape index (κ1) is 15.5. The lowest BCUT2D eigenvalue weighted by molar-refractivity contribution is 0.588. The molecular weight excluding hydrogens is 258 g/mol. The van der Waals surface area contributed by atoms with Crippen molar-refractivity contribution in [2.45, 2.75) is 39.9 Å². The van der Waals surface area contributed by atoms with Gasteiger partial charge in [0.15, 0.2) is 0 Å². The molecule has 0 atom stereocenters. The van der Waals surface area contributed by atoms with Crippen molar-refractivity contribution in [3.05, 3.63) is 59.4 Å². The van der Waals surface area contributed by atoms with E-state index in [1.165, 1.54) is 22.4 Å². The van der Waals surface area contributed by atoms with Crippen LogP contribution in [0.15, 0.2) is 42.7 Å². The summed E-state index contributed by atoms with van der Waals surface area (Å²) in [4.78, 5) is 6.47. The summed E-state index contributed by atoms with van der Waals surface area (Å²) in [5.74, 6) is 0. The highest BCUT2D eigenvalue weighted by atomic mass is 15.1. The predicted octanol–water partition coefficient (Wildman–Crippen LogP) is 3.52. The van der Waals surface area contributed by atoms with Crippen LogP contribution in [0.1, 0.15) is 30.5 Å². The largest absolute Gasteiger partial charge is 0.370 e. The summed E-state index contributed by atoms with van der Waals surface area (Å²) in [6, 6.07) is 11.2. The number of hydrogen-bond donors (Lipinski definition) is 1. The molecule has 112 valence electrons. The van der Waals surface area contributed by atoms with Gasteiger partial charge in [-0.25, -0.2) is 0 Å². The Morgan fingerprint density at radius 2 is 2.05 bits per heavy atom. The number of nitrogens with zero attached hydrogens (tertiary/aromatic N) is 2. The molecule has 1 heterocycles. The first-order chi connectivity index (χ1) is 10.1. The summed E-state index contributed by atoms with van der Waals surface area (Å²) in [5.41, 5.74) is 5.14. The molecule has 0 bridgehead atoms. The van der Waals surface area contributed by atoms with Crippen LogP contribution in [-0.2, 0) is 13.1 Å². The summed E-state index contributed by atoms with van der Waals surface area (Å²) in [5, 5.41) is 3.51. The van der Waals surface area contributed by atoms with Crippen LogP contribution < -0.4 is 10.2 Å². The van der Waals surface area contributed by atoms with Crippen molar-refractivity contribution in [1.29, 1.82) is 0 Å². The maximum Gasteiger partial charge on any atom is 0.0441 e. The number of aromatic nitrogens is 1. The van der Waals surface area contributed by atoms with E-state index in [4.69, 9.17) is 0 Å². The minimum Gasteiger partial charge on any atom is -0.370 e. The number of anilines is 1. The topological polar surface area (TPSA) is 28.2 Å². The van der Waals surface area contributed by atoms with Gasteiger partial charge in [-0.05, 0) is 30.2 Å². The molecule has 2 rings (SSSR count). The van der Waals surface area contributed by atoms with Crippen molar-refractivity contribution < 1.29 is 0 Å². The number of rotatable bonds is 6. The van der Waals surface area contributed by atoms with Crippen molar-refractivity contribution in [1.82, 2.24) is 10.3 Å². The number of hydrogen-bond acceptors (Lipinski definition) is 3. The fourth-order valence-corrected chi connectivity index (χ4v) is 2.39. The third kappa shape index (κ3) is 4.57. The van der Waals surface area contributed by atoms with E-state index in [1.54, 1.807) is 0 Å². The minimum atomic E-state index is 0.488. The fourth-order valence-electron chi connectivity index (χ4n) is 2.39. The monoisotopic (exact) mass is 283 g/mol. The Morgan fingerprint density at radius 3 is 2.71 bits per heavy atom. The Morgan fingerprint density at radius 1 is 1.24 bits per heavy atom. The molecular formula is C18H25N3.